The molecule has 0 N–H and O–H groups in total. The van der Waals surface area contributed by atoms with Gasteiger partial charge in [-0.3, -0.25) is 4.79 Å². The first kappa shape index (κ1) is 12.0. The zero-order valence-electron chi connectivity index (χ0n) is 10.4. The van der Waals surface area contributed by atoms with Crippen molar-refractivity contribution in [1.29, 1.82) is 0 Å². The molecule has 2 radical (unpaired) electrons. The zero-order chi connectivity index (χ0) is 11.8. The normalized spacial score (nSPS) is 42.8. The molecule has 0 aliphatic carbocycles. The Balaban J connectivity index is 2.12. The molecular weight excluding hydrogens is 201 g/mol. The monoisotopic (exact) mass is 222 g/mol. The summed E-state index contributed by atoms with van der Waals surface area (Å²) in [5, 5.41) is 0. The fraction of sp³-hybridized carbons (Fsp3) is 0.917. The summed E-state index contributed by atoms with van der Waals surface area (Å²) in [6.45, 7) is 5.24. The van der Waals surface area contributed by atoms with Crippen LogP contribution in [0.25, 0.3) is 0 Å². The molecule has 88 valence electrons. The van der Waals surface area contributed by atoms with Crippen LogP contribution in [0.3, 0.4) is 0 Å². The van der Waals surface area contributed by atoms with Crippen molar-refractivity contribution >= 4 is 14.0 Å². The lowest BCUT2D eigenvalue weighted by molar-refractivity contribution is -0.827. The number of nitrogens with zero attached hydrogens (tertiary/aromatic N) is 1. The number of hydrogen-bond donors (Lipinski definition) is 0. The fourth-order valence-electron chi connectivity index (χ4n) is 3.57. The van der Waals surface area contributed by atoms with Crippen LogP contribution in [-0.2, 0) is 9.53 Å². The number of carbonyl (C=O) groups excluding carboxylic acids is 1. The second-order valence-electron chi connectivity index (χ2n) is 6.03. The third kappa shape index (κ3) is 2.42. The summed E-state index contributed by atoms with van der Waals surface area (Å²) in [5.74, 6) is 0.656. The van der Waals surface area contributed by atoms with E-state index in [1.807, 2.05) is 0 Å². The molecule has 16 heavy (non-hydrogen) atoms. The number of hydrogen-bond acceptors (Lipinski definition) is 2. The molecule has 0 amide bonds. The predicted octanol–water partition coefficient (Wildman–Crippen LogP) is 1.27. The van der Waals surface area contributed by atoms with E-state index >= 15 is 0 Å². The molecule has 0 aromatic carbocycles. The molecule has 3 nitrogen and oxygen atoms in total. The molecule has 0 aromatic heterocycles. The predicted molar refractivity (Wildman–Crippen MR) is 62.7 cm³/mol. The topological polar surface area (TPSA) is 26.3 Å². The van der Waals surface area contributed by atoms with Gasteiger partial charge in [0.1, 0.15) is 0 Å². The van der Waals surface area contributed by atoms with Crippen LogP contribution in [-0.4, -0.2) is 45.1 Å². The molecule has 0 saturated carbocycles. The van der Waals surface area contributed by atoms with Crippen LogP contribution in [0.5, 0.6) is 0 Å². The molecule has 1 atom stereocenters. The van der Waals surface area contributed by atoms with Gasteiger partial charge in [0.2, 0.25) is 0 Å². The van der Waals surface area contributed by atoms with E-state index in [1.54, 1.807) is 0 Å². The standard InChI is InChI=1S/C12H21BNO2/c1-12(8-11(15)16-2)7-10-3-5-14(13,9-12)6-4-10/h10H,3-9H2,1-2H3/q+1. The minimum Gasteiger partial charge on any atom is -0.469 e. The van der Waals surface area contributed by atoms with Gasteiger partial charge in [0.25, 0.3) is 0 Å². The molecular formula is C12H21BNO2+. The largest absolute Gasteiger partial charge is 0.481 e. The smallest absolute Gasteiger partial charge is 0.469 e. The molecule has 0 spiro atoms. The third-order valence-corrected chi connectivity index (χ3v) is 4.24. The number of ether oxygens (including phenoxy) is 1. The highest BCUT2D eigenvalue weighted by atomic mass is 16.5. The van der Waals surface area contributed by atoms with Crippen LogP contribution in [0.4, 0.5) is 0 Å². The average molecular weight is 222 g/mol. The quantitative estimate of drug-likeness (QED) is 0.519. The fourth-order valence-corrected chi connectivity index (χ4v) is 3.57. The van der Waals surface area contributed by atoms with E-state index in [9.17, 15) is 4.79 Å². The summed E-state index contributed by atoms with van der Waals surface area (Å²) in [6.07, 6.45) is 4.07. The van der Waals surface area contributed by atoms with Crippen molar-refractivity contribution in [2.24, 2.45) is 11.3 Å². The van der Waals surface area contributed by atoms with Crippen molar-refractivity contribution in [2.75, 3.05) is 26.7 Å². The number of carbonyl (C=O) groups is 1. The van der Waals surface area contributed by atoms with E-state index in [0.29, 0.717) is 10.8 Å². The van der Waals surface area contributed by atoms with Crippen molar-refractivity contribution in [1.82, 2.24) is 0 Å². The van der Waals surface area contributed by atoms with E-state index in [-0.39, 0.29) is 11.4 Å². The Morgan fingerprint density at radius 2 is 2.12 bits per heavy atom. The Bertz CT molecular complexity index is 287. The number of piperidine rings is 1. The molecule has 0 aromatic rings. The van der Waals surface area contributed by atoms with Gasteiger partial charge in [-0.05, 0) is 25.2 Å². The summed E-state index contributed by atoms with van der Waals surface area (Å²) in [4.78, 5) is 11.5. The van der Waals surface area contributed by atoms with Crippen LogP contribution in [0.15, 0.2) is 0 Å². The molecule has 3 fully saturated rings. The number of quaternary nitrogens is 1. The Hall–Kier alpha value is -0.505. The maximum absolute atomic E-state index is 11.5. The molecule has 2 bridgehead atoms. The van der Waals surface area contributed by atoms with Gasteiger partial charge in [0.05, 0.1) is 33.2 Å². The first-order valence-electron chi connectivity index (χ1n) is 6.16. The number of rotatable bonds is 2. The molecule has 3 aliphatic heterocycles. The Labute approximate surface area is 99.2 Å². The first-order chi connectivity index (χ1) is 7.45. The SMILES string of the molecule is [B][N+]12CCC(CC1)CC(C)(CC(=O)OC)C2. The lowest BCUT2D eigenvalue weighted by atomic mass is 9.78. The van der Waals surface area contributed by atoms with Gasteiger partial charge in [0.15, 0.2) is 0 Å². The van der Waals surface area contributed by atoms with Gasteiger partial charge in [-0.2, -0.15) is 0 Å². The van der Waals surface area contributed by atoms with Gasteiger partial charge in [-0.25, -0.2) is 0 Å². The minimum atomic E-state index is -0.100. The van der Waals surface area contributed by atoms with Gasteiger partial charge in [0, 0.05) is 5.41 Å². The van der Waals surface area contributed by atoms with E-state index in [1.165, 1.54) is 20.0 Å². The average Bonchev–Trinajstić information content (AvgIpc) is 2.40. The van der Waals surface area contributed by atoms with Crippen LogP contribution in [0.2, 0.25) is 0 Å². The maximum Gasteiger partial charge on any atom is 0.481 e. The highest BCUT2D eigenvalue weighted by molar-refractivity contribution is 5.97. The van der Waals surface area contributed by atoms with Gasteiger partial charge in [-0.15, -0.1) is 0 Å². The lowest BCUT2D eigenvalue weighted by Crippen LogP contribution is -2.52. The van der Waals surface area contributed by atoms with E-state index in [0.717, 1.165) is 32.0 Å². The molecule has 4 heteroatoms. The third-order valence-electron chi connectivity index (χ3n) is 4.24. The summed E-state index contributed by atoms with van der Waals surface area (Å²) in [7, 11) is 7.84. The van der Waals surface area contributed by atoms with Gasteiger partial charge < -0.3 is 9.13 Å². The summed E-state index contributed by atoms with van der Waals surface area (Å²) >= 11 is 0. The van der Waals surface area contributed by atoms with E-state index < -0.39 is 0 Å². The second-order valence-corrected chi connectivity index (χ2v) is 6.03. The number of methoxy groups -OCH3 is 1. The van der Waals surface area contributed by atoms with Crippen LogP contribution in [0, 0.1) is 11.3 Å². The van der Waals surface area contributed by atoms with Crippen LogP contribution >= 0.6 is 0 Å². The van der Waals surface area contributed by atoms with E-state index in [4.69, 9.17) is 12.7 Å². The zero-order valence-corrected chi connectivity index (χ0v) is 10.4. The maximum atomic E-state index is 11.5. The Morgan fingerprint density at radius 3 is 2.69 bits per heavy atom. The molecule has 3 saturated heterocycles. The van der Waals surface area contributed by atoms with Gasteiger partial charge >= 0.3 is 14.0 Å². The summed E-state index contributed by atoms with van der Waals surface area (Å²) in [6, 6.07) is 0. The molecule has 3 heterocycles. The van der Waals surface area contributed by atoms with E-state index in [2.05, 4.69) is 6.92 Å². The summed E-state index contributed by atoms with van der Waals surface area (Å²) < 4.78 is 5.45. The van der Waals surface area contributed by atoms with Crippen molar-refractivity contribution in [3.8, 4) is 0 Å². The minimum absolute atomic E-state index is 0.0273. The Kier molecular flexibility index (Phi) is 3.04. The number of fused-ring (bicyclic) bond motifs is 4. The van der Waals surface area contributed by atoms with Crippen molar-refractivity contribution in [3.05, 3.63) is 0 Å². The van der Waals surface area contributed by atoms with Gasteiger partial charge in [-0.1, -0.05) is 6.92 Å². The van der Waals surface area contributed by atoms with Crippen molar-refractivity contribution < 1.29 is 13.9 Å². The molecule has 1 unspecified atom stereocenters. The van der Waals surface area contributed by atoms with Crippen molar-refractivity contribution in [2.45, 2.75) is 32.6 Å². The highest BCUT2D eigenvalue weighted by Crippen LogP contribution is 2.42. The number of esters is 1. The van der Waals surface area contributed by atoms with Crippen LogP contribution < -0.4 is 0 Å². The second kappa shape index (κ2) is 4.06. The summed E-state index contributed by atoms with van der Waals surface area (Å²) in [5.41, 5.74) is 0.0273. The Morgan fingerprint density at radius 1 is 1.50 bits per heavy atom. The lowest BCUT2D eigenvalue weighted by Gasteiger charge is -2.40. The van der Waals surface area contributed by atoms with Crippen molar-refractivity contribution in [3.63, 3.8) is 0 Å². The molecule has 3 rings (SSSR count). The first-order valence-corrected chi connectivity index (χ1v) is 6.16. The highest BCUT2D eigenvalue weighted by Gasteiger charge is 2.45. The van der Waals surface area contributed by atoms with Crippen LogP contribution in [0.1, 0.15) is 32.6 Å². The molecule has 3 aliphatic rings.